The van der Waals surface area contributed by atoms with Crippen LogP contribution in [0.3, 0.4) is 0 Å². The van der Waals surface area contributed by atoms with Gasteiger partial charge >= 0.3 is 0 Å². The summed E-state index contributed by atoms with van der Waals surface area (Å²) in [6, 6.07) is 0. The van der Waals surface area contributed by atoms with Crippen molar-refractivity contribution in [3.8, 4) is 0 Å². The smallest absolute Gasteiger partial charge is 0.0654 e. The summed E-state index contributed by atoms with van der Waals surface area (Å²) < 4.78 is 0. The molecule has 0 aliphatic rings. The molecule has 0 nitrogen and oxygen atoms in total. The predicted molar refractivity (Wildman–Crippen MR) is 131 cm³/mol. The van der Waals surface area contributed by atoms with Gasteiger partial charge in [-0.15, -0.1) is 0 Å². The zero-order valence-electron chi connectivity index (χ0n) is 18.8. The molecule has 158 valence electrons. The molecule has 1 unspecified atom stereocenters. The molecule has 0 fully saturated rings. The second-order valence-corrected chi connectivity index (χ2v) is 16.2. The van der Waals surface area contributed by atoms with Crippen molar-refractivity contribution in [3.63, 3.8) is 0 Å². The van der Waals surface area contributed by atoms with Crippen LogP contribution in [0.1, 0.15) is 137 Å². The zero-order chi connectivity index (χ0) is 19.5. The van der Waals surface area contributed by atoms with E-state index in [1.54, 1.807) is 0 Å². The van der Waals surface area contributed by atoms with Crippen LogP contribution < -0.4 is 0 Å². The van der Waals surface area contributed by atoms with Gasteiger partial charge in [0, 0.05) is 0 Å². The summed E-state index contributed by atoms with van der Waals surface area (Å²) in [6.07, 6.45) is 27.5. The van der Waals surface area contributed by atoms with Crippen LogP contribution in [-0.4, -0.2) is 18.0 Å². The zero-order valence-corrected chi connectivity index (χ0v) is 21.3. The molecule has 0 saturated heterocycles. The van der Waals surface area contributed by atoms with Gasteiger partial charge in [-0.25, -0.2) is 0 Å². The van der Waals surface area contributed by atoms with Gasteiger partial charge in [0.1, 0.15) is 15.5 Å². The summed E-state index contributed by atoms with van der Waals surface area (Å²) in [6.45, 7) is 9.41. The summed E-state index contributed by atoms with van der Waals surface area (Å²) in [7, 11) is 0. The summed E-state index contributed by atoms with van der Waals surface area (Å²) in [5.41, 5.74) is 1.000. The molecular formula is C24H51BrP+. The van der Waals surface area contributed by atoms with Gasteiger partial charge in [-0.1, -0.05) is 105 Å². The predicted octanol–water partition coefficient (Wildman–Crippen LogP) is 10.4. The second-order valence-electron chi connectivity index (χ2n) is 8.49. The van der Waals surface area contributed by atoms with Crippen molar-refractivity contribution in [1.29, 1.82) is 0 Å². The van der Waals surface area contributed by atoms with Crippen LogP contribution in [0.2, 0.25) is 0 Å². The Morgan fingerprint density at radius 2 is 0.923 bits per heavy atom. The van der Waals surface area contributed by atoms with E-state index in [4.69, 9.17) is 0 Å². The van der Waals surface area contributed by atoms with E-state index in [9.17, 15) is 0 Å². The fraction of sp³-hybridized carbons (Fsp3) is 1.00. The summed E-state index contributed by atoms with van der Waals surface area (Å²) in [5.74, 6) is -0.894. The molecule has 1 atom stereocenters. The van der Waals surface area contributed by atoms with E-state index < -0.39 is 5.96 Å². The van der Waals surface area contributed by atoms with Crippen molar-refractivity contribution >= 4 is 21.5 Å². The Balaban J connectivity index is 4.10. The van der Waals surface area contributed by atoms with Crippen molar-refractivity contribution < 1.29 is 0 Å². The van der Waals surface area contributed by atoms with E-state index in [-0.39, 0.29) is 0 Å². The van der Waals surface area contributed by atoms with Gasteiger partial charge in [-0.2, -0.15) is 0 Å². The van der Waals surface area contributed by atoms with E-state index >= 15 is 0 Å². The lowest BCUT2D eigenvalue weighted by molar-refractivity contribution is 0.539. The monoisotopic (exact) mass is 449 g/mol. The highest BCUT2D eigenvalue weighted by Crippen LogP contribution is 2.72. The van der Waals surface area contributed by atoms with E-state index in [2.05, 4.69) is 43.2 Å². The first kappa shape index (κ1) is 26.9. The van der Waals surface area contributed by atoms with Crippen molar-refractivity contribution in [2.75, 3.05) is 12.3 Å². The lowest BCUT2D eigenvalue weighted by atomic mass is 10.0. The minimum absolute atomic E-state index is 0.894. The Morgan fingerprint density at radius 3 is 1.35 bits per heavy atom. The van der Waals surface area contributed by atoms with Crippen molar-refractivity contribution in [2.45, 2.75) is 143 Å². The molecule has 0 N–H and O–H groups in total. The Hall–Kier alpha value is 0.910. The highest BCUT2D eigenvalue weighted by atomic mass is 79.9. The first-order valence-electron chi connectivity index (χ1n) is 12.2. The maximum atomic E-state index is 4.39. The number of unbranched alkanes of at least 4 members (excludes halogenated alkanes) is 11. The number of hydrogen-bond donors (Lipinski definition) is 0. The average Bonchev–Trinajstić information content (AvgIpc) is 2.65. The lowest BCUT2D eigenvalue weighted by Gasteiger charge is -2.29. The molecule has 0 rings (SSSR count). The van der Waals surface area contributed by atoms with Gasteiger partial charge in [0.2, 0.25) is 0 Å². The second kappa shape index (κ2) is 19.2. The summed E-state index contributed by atoms with van der Waals surface area (Å²) in [5, 5.41) is 0. The molecule has 0 saturated carbocycles. The van der Waals surface area contributed by atoms with Gasteiger partial charge in [0.15, 0.2) is 0 Å². The van der Waals surface area contributed by atoms with Gasteiger partial charge in [-0.05, 0) is 32.1 Å². The minimum Gasteiger partial charge on any atom is -0.0654 e. The van der Waals surface area contributed by atoms with Crippen LogP contribution >= 0.6 is 21.5 Å². The first-order valence-corrected chi connectivity index (χ1v) is 16.5. The highest BCUT2D eigenvalue weighted by molar-refractivity contribution is 9.42. The molecule has 0 spiro atoms. The maximum absolute atomic E-state index is 4.39. The van der Waals surface area contributed by atoms with E-state index in [0.29, 0.717) is 0 Å². The summed E-state index contributed by atoms with van der Waals surface area (Å²) >= 11 is 4.39. The molecule has 2 heteroatoms. The van der Waals surface area contributed by atoms with Crippen molar-refractivity contribution in [1.82, 2.24) is 0 Å². The largest absolute Gasteiger partial charge is 0.139 e. The molecule has 0 aromatic carbocycles. The summed E-state index contributed by atoms with van der Waals surface area (Å²) in [4.78, 5) is 0. The van der Waals surface area contributed by atoms with Crippen LogP contribution in [0.4, 0.5) is 0 Å². The molecule has 0 bridgehead atoms. The molecular weight excluding hydrogens is 399 g/mol. The third kappa shape index (κ3) is 14.0. The SMILES string of the molecule is CCCCCCCCCCCCC(CCC)[P+](Br)(CCCC)CCCC. The molecule has 0 amide bonds. The molecule has 0 aliphatic carbocycles. The third-order valence-electron chi connectivity index (χ3n) is 5.93. The van der Waals surface area contributed by atoms with Gasteiger partial charge in [0.05, 0.1) is 23.9 Å². The Bertz CT molecular complexity index is 271. The quantitative estimate of drug-likeness (QED) is 0.128. The average molecular weight is 451 g/mol. The third-order valence-corrected chi connectivity index (χ3v) is 13.7. The first-order chi connectivity index (χ1) is 12.6. The Morgan fingerprint density at radius 1 is 0.500 bits per heavy atom. The van der Waals surface area contributed by atoms with E-state index in [1.807, 2.05) is 0 Å². The van der Waals surface area contributed by atoms with Crippen LogP contribution in [-0.2, 0) is 0 Å². The molecule has 0 radical (unpaired) electrons. The molecule has 0 aliphatic heterocycles. The number of hydrogen-bond acceptors (Lipinski definition) is 0. The van der Waals surface area contributed by atoms with E-state index in [0.717, 1.165) is 5.66 Å². The minimum atomic E-state index is -0.894. The fourth-order valence-electron chi connectivity index (χ4n) is 4.13. The van der Waals surface area contributed by atoms with Crippen LogP contribution in [0.25, 0.3) is 0 Å². The number of halogens is 1. The van der Waals surface area contributed by atoms with Crippen molar-refractivity contribution in [3.05, 3.63) is 0 Å². The van der Waals surface area contributed by atoms with Crippen LogP contribution in [0.5, 0.6) is 0 Å². The number of rotatable bonds is 20. The fourth-order valence-corrected chi connectivity index (χ4v) is 10.9. The van der Waals surface area contributed by atoms with Gasteiger partial charge < -0.3 is 0 Å². The van der Waals surface area contributed by atoms with Crippen molar-refractivity contribution in [2.24, 2.45) is 0 Å². The molecule has 0 heterocycles. The van der Waals surface area contributed by atoms with E-state index in [1.165, 1.54) is 121 Å². The van der Waals surface area contributed by atoms with Gasteiger partial charge in [0.25, 0.3) is 0 Å². The molecule has 0 aromatic rings. The van der Waals surface area contributed by atoms with Gasteiger partial charge in [-0.3, -0.25) is 0 Å². The topological polar surface area (TPSA) is 0 Å². The maximum Gasteiger partial charge on any atom is 0.139 e. The normalized spacial score (nSPS) is 13.3. The Labute approximate surface area is 176 Å². The van der Waals surface area contributed by atoms with Crippen LogP contribution in [0.15, 0.2) is 0 Å². The highest BCUT2D eigenvalue weighted by Gasteiger charge is 2.41. The molecule has 0 aromatic heterocycles. The van der Waals surface area contributed by atoms with Crippen LogP contribution in [0, 0.1) is 0 Å². The Kier molecular flexibility index (Phi) is 19.9. The lowest BCUT2D eigenvalue weighted by Crippen LogP contribution is -2.16. The standard InChI is InChI=1S/C24H51BrP/c1-5-9-12-13-14-15-16-17-18-19-21-24(20-8-4)26(25,22-10-6-2)23-11-7-3/h24H,5-23H2,1-4H3/q+1. The molecule has 26 heavy (non-hydrogen) atoms.